The lowest BCUT2D eigenvalue weighted by Gasteiger charge is -2.14. The maximum Gasteiger partial charge on any atom is 0.220 e. The summed E-state index contributed by atoms with van der Waals surface area (Å²) >= 11 is 0. The Morgan fingerprint density at radius 2 is 2.08 bits per heavy atom. The van der Waals surface area contributed by atoms with Crippen LogP contribution in [0, 0.1) is 11.8 Å². The number of aliphatic hydroxyl groups excluding tert-OH is 2. The Bertz CT molecular complexity index is 170. The van der Waals surface area contributed by atoms with Crippen LogP contribution in [0.15, 0.2) is 0 Å². The van der Waals surface area contributed by atoms with E-state index < -0.39 is 12.4 Å². The van der Waals surface area contributed by atoms with E-state index in [1.807, 2.05) is 6.92 Å². The molecule has 0 radical (unpaired) electrons. The van der Waals surface area contributed by atoms with Crippen molar-refractivity contribution in [3.8, 4) is 11.8 Å². The first kappa shape index (κ1) is 12.4. The van der Waals surface area contributed by atoms with E-state index in [2.05, 4.69) is 11.8 Å². The molecule has 2 unspecified atom stereocenters. The first-order valence-electron chi connectivity index (χ1n) is 4.19. The molecule has 0 aliphatic rings. The Balaban J connectivity index is 3.62. The highest BCUT2D eigenvalue weighted by Crippen LogP contribution is 1.94. The molecule has 4 heteroatoms. The van der Waals surface area contributed by atoms with Crippen molar-refractivity contribution in [2.24, 2.45) is 0 Å². The first-order chi connectivity index (χ1) is 6.24. The molecule has 0 saturated heterocycles. The Hall–Kier alpha value is -0.600. The SMILES string of the molecule is CC#CC(O)OCC(CO)OCC. The summed E-state index contributed by atoms with van der Waals surface area (Å²) in [5, 5.41) is 17.8. The highest BCUT2D eigenvalue weighted by molar-refractivity contribution is 4.97. The quantitative estimate of drug-likeness (QED) is 0.445. The first-order valence-corrected chi connectivity index (χ1v) is 4.19. The smallest absolute Gasteiger partial charge is 0.220 e. The normalized spacial score (nSPS) is 14.5. The third-order valence-electron chi connectivity index (χ3n) is 1.31. The lowest BCUT2D eigenvalue weighted by atomic mass is 10.4. The van der Waals surface area contributed by atoms with Gasteiger partial charge in [0.25, 0.3) is 0 Å². The molecular weight excluding hydrogens is 172 g/mol. The lowest BCUT2D eigenvalue weighted by molar-refractivity contribution is -0.108. The summed E-state index contributed by atoms with van der Waals surface area (Å²) in [6, 6.07) is 0. The standard InChI is InChI=1S/C9H16O4/c1-3-5-9(11)13-7-8(6-10)12-4-2/h8-11H,4,6-7H2,1-2H3. The highest BCUT2D eigenvalue weighted by atomic mass is 16.6. The van der Waals surface area contributed by atoms with E-state index in [0.29, 0.717) is 6.61 Å². The van der Waals surface area contributed by atoms with E-state index in [0.717, 1.165) is 0 Å². The molecule has 0 aromatic heterocycles. The van der Waals surface area contributed by atoms with Crippen LogP contribution in [0.1, 0.15) is 13.8 Å². The highest BCUT2D eigenvalue weighted by Gasteiger charge is 2.08. The second-order valence-electron chi connectivity index (χ2n) is 2.34. The number of aliphatic hydroxyl groups is 2. The summed E-state index contributed by atoms with van der Waals surface area (Å²) in [4.78, 5) is 0. The van der Waals surface area contributed by atoms with Crippen LogP contribution in [0.25, 0.3) is 0 Å². The molecule has 0 aliphatic carbocycles. The molecule has 0 saturated carbocycles. The van der Waals surface area contributed by atoms with Gasteiger partial charge in [0.1, 0.15) is 6.10 Å². The summed E-state index contributed by atoms with van der Waals surface area (Å²) < 4.78 is 9.97. The minimum atomic E-state index is -1.10. The fourth-order valence-electron chi connectivity index (χ4n) is 0.753. The van der Waals surface area contributed by atoms with E-state index in [-0.39, 0.29) is 13.2 Å². The molecule has 0 amide bonds. The Morgan fingerprint density at radius 3 is 2.54 bits per heavy atom. The topological polar surface area (TPSA) is 58.9 Å². The monoisotopic (exact) mass is 188 g/mol. The van der Waals surface area contributed by atoms with Crippen molar-refractivity contribution < 1.29 is 19.7 Å². The van der Waals surface area contributed by atoms with Gasteiger partial charge in [0.05, 0.1) is 13.2 Å². The predicted octanol–water partition coefficient (Wildman–Crippen LogP) is -0.258. The molecular formula is C9H16O4. The Kier molecular flexibility index (Phi) is 7.65. The third kappa shape index (κ3) is 6.55. The number of hydrogen-bond acceptors (Lipinski definition) is 4. The molecule has 0 heterocycles. The molecule has 76 valence electrons. The predicted molar refractivity (Wildman–Crippen MR) is 47.9 cm³/mol. The van der Waals surface area contributed by atoms with Crippen molar-refractivity contribution in [3.63, 3.8) is 0 Å². The van der Waals surface area contributed by atoms with Gasteiger partial charge in [0.2, 0.25) is 6.29 Å². The summed E-state index contributed by atoms with van der Waals surface area (Å²) in [6.45, 7) is 3.95. The second kappa shape index (κ2) is 8.02. The molecule has 0 aromatic rings. The van der Waals surface area contributed by atoms with Crippen molar-refractivity contribution in [1.29, 1.82) is 0 Å². The van der Waals surface area contributed by atoms with Gasteiger partial charge in [0, 0.05) is 6.61 Å². The van der Waals surface area contributed by atoms with Crippen LogP contribution in [0.2, 0.25) is 0 Å². The molecule has 2 N–H and O–H groups in total. The van der Waals surface area contributed by atoms with E-state index in [1.54, 1.807) is 6.92 Å². The van der Waals surface area contributed by atoms with Crippen LogP contribution in [-0.4, -0.2) is 42.4 Å². The molecule has 0 aliphatic heterocycles. The number of hydrogen-bond donors (Lipinski definition) is 2. The zero-order valence-corrected chi connectivity index (χ0v) is 7.99. The minimum Gasteiger partial charge on any atom is -0.394 e. The zero-order valence-electron chi connectivity index (χ0n) is 7.99. The summed E-state index contributed by atoms with van der Waals surface area (Å²) in [5.41, 5.74) is 0. The lowest BCUT2D eigenvalue weighted by Crippen LogP contribution is -2.26. The largest absolute Gasteiger partial charge is 0.394 e. The van der Waals surface area contributed by atoms with Crippen LogP contribution >= 0.6 is 0 Å². The molecule has 2 atom stereocenters. The fraction of sp³-hybridized carbons (Fsp3) is 0.778. The average Bonchev–Trinajstić information content (AvgIpc) is 2.12. The van der Waals surface area contributed by atoms with Gasteiger partial charge in [-0.25, -0.2) is 0 Å². The van der Waals surface area contributed by atoms with Gasteiger partial charge in [-0.1, -0.05) is 0 Å². The molecule has 0 fully saturated rings. The molecule has 0 rings (SSSR count). The third-order valence-corrected chi connectivity index (χ3v) is 1.31. The van der Waals surface area contributed by atoms with Crippen molar-refractivity contribution >= 4 is 0 Å². The van der Waals surface area contributed by atoms with Crippen molar-refractivity contribution in [2.45, 2.75) is 26.2 Å². The minimum absolute atomic E-state index is 0.125. The number of rotatable bonds is 6. The van der Waals surface area contributed by atoms with Gasteiger partial charge in [-0.05, 0) is 19.8 Å². The van der Waals surface area contributed by atoms with Gasteiger partial charge in [-0.15, -0.1) is 5.92 Å². The Morgan fingerprint density at radius 1 is 1.38 bits per heavy atom. The molecule has 0 bridgehead atoms. The van der Waals surface area contributed by atoms with Crippen molar-refractivity contribution in [1.82, 2.24) is 0 Å². The van der Waals surface area contributed by atoms with E-state index in [9.17, 15) is 0 Å². The van der Waals surface area contributed by atoms with Crippen LogP contribution in [0.5, 0.6) is 0 Å². The van der Waals surface area contributed by atoms with Gasteiger partial charge in [-0.3, -0.25) is 0 Å². The van der Waals surface area contributed by atoms with E-state index in [4.69, 9.17) is 19.7 Å². The zero-order chi connectivity index (χ0) is 10.1. The summed E-state index contributed by atoms with van der Waals surface area (Å²) in [6.07, 6.45) is -1.49. The van der Waals surface area contributed by atoms with Crippen LogP contribution in [0.4, 0.5) is 0 Å². The summed E-state index contributed by atoms with van der Waals surface area (Å²) in [7, 11) is 0. The molecule has 0 spiro atoms. The maximum absolute atomic E-state index is 9.03. The summed E-state index contributed by atoms with van der Waals surface area (Å²) in [5.74, 6) is 4.93. The van der Waals surface area contributed by atoms with Gasteiger partial charge in [0.15, 0.2) is 0 Å². The Labute approximate surface area is 78.5 Å². The second-order valence-corrected chi connectivity index (χ2v) is 2.34. The number of ether oxygens (including phenoxy) is 2. The molecule has 0 aromatic carbocycles. The van der Waals surface area contributed by atoms with Crippen LogP contribution in [0.3, 0.4) is 0 Å². The van der Waals surface area contributed by atoms with Gasteiger partial charge >= 0.3 is 0 Å². The van der Waals surface area contributed by atoms with E-state index in [1.165, 1.54) is 0 Å². The van der Waals surface area contributed by atoms with Crippen molar-refractivity contribution in [2.75, 3.05) is 19.8 Å². The van der Waals surface area contributed by atoms with E-state index >= 15 is 0 Å². The fourth-order valence-corrected chi connectivity index (χ4v) is 0.753. The van der Waals surface area contributed by atoms with Crippen molar-refractivity contribution in [3.05, 3.63) is 0 Å². The van der Waals surface area contributed by atoms with Gasteiger partial charge in [-0.2, -0.15) is 0 Å². The van der Waals surface area contributed by atoms with Gasteiger partial charge < -0.3 is 19.7 Å². The molecule has 4 nitrogen and oxygen atoms in total. The average molecular weight is 188 g/mol. The molecule has 13 heavy (non-hydrogen) atoms. The van der Waals surface area contributed by atoms with Crippen LogP contribution in [-0.2, 0) is 9.47 Å². The van der Waals surface area contributed by atoms with Crippen LogP contribution < -0.4 is 0 Å². The maximum atomic E-state index is 9.03.